The molecule has 1 saturated carbocycles. The zero-order valence-electron chi connectivity index (χ0n) is 7.75. The fraction of sp³-hybridized carbons (Fsp3) is 0.455. The standard InChI is InChI=1S/C11H12BrClO/c12-7-11(14-10-4-5-10)8-2-1-3-9(13)6-8/h1-3,6,10-11H,4-5,7H2. The van der Waals surface area contributed by atoms with Crippen molar-refractivity contribution < 1.29 is 4.74 Å². The van der Waals surface area contributed by atoms with Crippen LogP contribution in [0.1, 0.15) is 24.5 Å². The Kier molecular flexibility index (Phi) is 3.47. The van der Waals surface area contributed by atoms with E-state index in [1.54, 1.807) is 0 Å². The van der Waals surface area contributed by atoms with Gasteiger partial charge in [-0.05, 0) is 30.5 Å². The van der Waals surface area contributed by atoms with Crippen molar-refractivity contribution in [2.24, 2.45) is 0 Å². The second-order valence-corrected chi connectivity index (χ2v) is 4.62. The summed E-state index contributed by atoms with van der Waals surface area (Å²) in [4.78, 5) is 0. The molecule has 1 aliphatic carbocycles. The molecule has 0 spiro atoms. The highest BCUT2D eigenvalue weighted by atomic mass is 79.9. The molecule has 3 heteroatoms. The van der Waals surface area contributed by atoms with Crippen molar-refractivity contribution in [3.8, 4) is 0 Å². The van der Waals surface area contributed by atoms with Gasteiger partial charge in [0.15, 0.2) is 0 Å². The van der Waals surface area contributed by atoms with Crippen molar-refractivity contribution in [3.05, 3.63) is 34.9 Å². The summed E-state index contributed by atoms with van der Waals surface area (Å²) >= 11 is 9.39. The zero-order chi connectivity index (χ0) is 9.97. The minimum atomic E-state index is 0.140. The van der Waals surface area contributed by atoms with E-state index in [9.17, 15) is 0 Å². The summed E-state index contributed by atoms with van der Waals surface area (Å²) in [5.41, 5.74) is 1.15. The molecule has 0 N–H and O–H groups in total. The van der Waals surface area contributed by atoms with Crippen LogP contribution in [-0.2, 0) is 4.74 Å². The molecular weight excluding hydrogens is 263 g/mol. The van der Waals surface area contributed by atoms with Crippen LogP contribution in [0, 0.1) is 0 Å². The maximum absolute atomic E-state index is 5.93. The third-order valence-corrected chi connectivity index (χ3v) is 3.06. The number of hydrogen-bond acceptors (Lipinski definition) is 1. The minimum absolute atomic E-state index is 0.140. The molecule has 1 aromatic carbocycles. The zero-order valence-corrected chi connectivity index (χ0v) is 10.1. The molecule has 0 aliphatic heterocycles. The molecule has 1 unspecified atom stereocenters. The van der Waals surface area contributed by atoms with Gasteiger partial charge in [0.2, 0.25) is 0 Å². The maximum atomic E-state index is 5.93. The first-order valence-electron chi connectivity index (χ1n) is 4.76. The van der Waals surface area contributed by atoms with Crippen LogP contribution in [0.5, 0.6) is 0 Å². The van der Waals surface area contributed by atoms with Gasteiger partial charge in [-0.3, -0.25) is 0 Å². The van der Waals surface area contributed by atoms with E-state index in [4.69, 9.17) is 16.3 Å². The van der Waals surface area contributed by atoms with E-state index in [2.05, 4.69) is 22.0 Å². The summed E-state index contributed by atoms with van der Waals surface area (Å²) in [6.07, 6.45) is 3.01. The lowest BCUT2D eigenvalue weighted by Gasteiger charge is -2.15. The smallest absolute Gasteiger partial charge is 0.0925 e. The monoisotopic (exact) mass is 274 g/mol. The van der Waals surface area contributed by atoms with Gasteiger partial charge in [0.25, 0.3) is 0 Å². The van der Waals surface area contributed by atoms with Gasteiger partial charge in [0.1, 0.15) is 0 Å². The Balaban J connectivity index is 2.08. The Bertz CT molecular complexity index is 312. The summed E-state index contributed by atoms with van der Waals surface area (Å²) in [5, 5.41) is 1.59. The normalized spacial score (nSPS) is 18.1. The predicted molar refractivity (Wildman–Crippen MR) is 62.1 cm³/mol. The van der Waals surface area contributed by atoms with Gasteiger partial charge >= 0.3 is 0 Å². The third-order valence-electron chi connectivity index (χ3n) is 2.24. The first-order chi connectivity index (χ1) is 6.79. The average Bonchev–Trinajstić information content (AvgIpc) is 2.98. The molecule has 0 radical (unpaired) electrons. The van der Waals surface area contributed by atoms with Crippen molar-refractivity contribution in [1.29, 1.82) is 0 Å². The maximum Gasteiger partial charge on any atom is 0.0925 e. The van der Waals surface area contributed by atoms with Crippen LogP contribution in [0.4, 0.5) is 0 Å². The van der Waals surface area contributed by atoms with Crippen LogP contribution in [-0.4, -0.2) is 11.4 Å². The molecule has 1 nitrogen and oxygen atoms in total. The number of alkyl halides is 1. The number of hydrogen-bond donors (Lipinski definition) is 0. The molecule has 76 valence electrons. The minimum Gasteiger partial charge on any atom is -0.369 e. The van der Waals surface area contributed by atoms with Crippen LogP contribution in [0.25, 0.3) is 0 Å². The van der Waals surface area contributed by atoms with E-state index in [-0.39, 0.29) is 6.10 Å². The van der Waals surface area contributed by atoms with E-state index in [0.717, 1.165) is 15.9 Å². The van der Waals surface area contributed by atoms with E-state index in [1.807, 2.05) is 18.2 Å². The molecule has 1 atom stereocenters. The third kappa shape index (κ3) is 2.72. The van der Waals surface area contributed by atoms with Gasteiger partial charge in [0.05, 0.1) is 12.2 Å². The highest BCUT2D eigenvalue weighted by Gasteiger charge is 2.26. The lowest BCUT2D eigenvalue weighted by atomic mass is 10.1. The van der Waals surface area contributed by atoms with Crippen molar-refractivity contribution >= 4 is 27.5 Å². The first-order valence-corrected chi connectivity index (χ1v) is 6.26. The predicted octanol–water partition coefficient (Wildman–Crippen LogP) is 3.96. The quantitative estimate of drug-likeness (QED) is 0.756. The SMILES string of the molecule is Clc1cccc(C(CBr)OC2CC2)c1. The molecule has 0 amide bonds. The average molecular weight is 276 g/mol. The second-order valence-electron chi connectivity index (χ2n) is 3.53. The molecule has 0 heterocycles. The highest BCUT2D eigenvalue weighted by molar-refractivity contribution is 9.09. The molecule has 14 heavy (non-hydrogen) atoms. The Morgan fingerprint density at radius 2 is 2.29 bits per heavy atom. The van der Waals surface area contributed by atoms with Crippen LogP contribution in [0.2, 0.25) is 5.02 Å². The van der Waals surface area contributed by atoms with Crippen molar-refractivity contribution in [2.75, 3.05) is 5.33 Å². The van der Waals surface area contributed by atoms with E-state index in [0.29, 0.717) is 6.10 Å². The number of rotatable bonds is 4. The van der Waals surface area contributed by atoms with Gasteiger partial charge in [-0.2, -0.15) is 0 Å². The molecule has 0 aromatic heterocycles. The van der Waals surface area contributed by atoms with Crippen LogP contribution in [0.3, 0.4) is 0 Å². The number of halogens is 2. The van der Waals surface area contributed by atoms with Gasteiger partial charge in [-0.15, -0.1) is 0 Å². The van der Waals surface area contributed by atoms with Crippen molar-refractivity contribution in [3.63, 3.8) is 0 Å². The fourth-order valence-corrected chi connectivity index (χ4v) is 2.07. The topological polar surface area (TPSA) is 9.23 Å². The summed E-state index contributed by atoms with van der Waals surface area (Å²) < 4.78 is 5.85. The number of benzene rings is 1. The molecule has 2 rings (SSSR count). The fourth-order valence-electron chi connectivity index (χ4n) is 1.35. The summed E-state index contributed by atoms with van der Waals surface area (Å²) in [5.74, 6) is 0. The van der Waals surface area contributed by atoms with Gasteiger partial charge in [-0.25, -0.2) is 0 Å². The molecule has 0 saturated heterocycles. The molecule has 0 bridgehead atoms. The molecular formula is C11H12BrClO. The second kappa shape index (κ2) is 4.65. The molecule has 1 aromatic rings. The Morgan fingerprint density at radius 1 is 1.50 bits per heavy atom. The Labute approximate surface area is 97.5 Å². The van der Waals surface area contributed by atoms with Crippen LogP contribution < -0.4 is 0 Å². The van der Waals surface area contributed by atoms with Gasteiger partial charge in [-0.1, -0.05) is 39.7 Å². The summed E-state index contributed by atoms with van der Waals surface area (Å²) in [6.45, 7) is 0. The Hall–Kier alpha value is -0.0500. The van der Waals surface area contributed by atoms with Gasteiger partial charge < -0.3 is 4.74 Å². The summed E-state index contributed by atoms with van der Waals surface area (Å²) in [6, 6.07) is 7.87. The first kappa shape index (κ1) is 10.5. The molecule has 1 aliphatic rings. The van der Waals surface area contributed by atoms with Gasteiger partial charge in [0, 0.05) is 10.4 Å². The Morgan fingerprint density at radius 3 is 2.86 bits per heavy atom. The van der Waals surface area contributed by atoms with Crippen molar-refractivity contribution in [2.45, 2.75) is 25.0 Å². The lowest BCUT2D eigenvalue weighted by Crippen LogP contribution is -2.07. The van der Waals surface area contributed by atoms with Crippen LogP contribution in [0.15, 0.2) is 24.3 Å². The highest BCUT2D eigenvalue weighted by Crippen LogP contribution is 2.32. The largest absolute Gasteiger partial charge is 0.369 e. The lowest BCUT2D eigenvalue weighted by molar-refractivity contribution is 0.0559. The summed E-state index contributed by atoms with van der Waals surface area (Å²) in [7, 11) is 0. The van der Waals surface area contributed by atoms with E-state index in [1.165, 1.54) is 12.8 Å². The molecule has 1 fully saturated rings. The number of ether oxygens (including phenoxy) is 1. The van der Waals surface area contributed by atoms with E-state index < -0.39 is 0 Å². The van der Waals surface area contributed by atoms with E-state index >= 15 is 0 Å². The van der Waals surface area contributed by atoms with Crippen molar-refractivity contribution in [1.82, 2.24) is 0 Å². The van der Waals surface area contributed by atoms with Crippen LogP contribution >= 0.6 is 27.5 Å².